The molecule has 1 aromatic heterocycles. The topological polar surface area (TPSA) is 81.9 Å². The monoisotopic (exact) mass is 531 g/mol. The average Bonchev–Trinajstić information content (AvgIpc) is 2.99. The van der Waals surface area contributed by atoms with Gasteiger partial charge in [-0.15, -0.1) is 24.0 Å². The average molecular weight is 531 g/mol. The maximum Gasteiger partial charge on any atom is 0.191 e. The highest BCUT2D eigenvalue weighted by Crippen LogP contribution is 2.26. The van der Waals surface area contributed by atoms with Gasteiger partial charge in [0.25, 0.3) is 0 Å². The van der Waals surface area contributed by atoms with Crippen LogP contribution in [-0.2, 0) is 17.8 Å². The van der Waals surface area contributed by atoms with Gasteiger partial charge in [-0.3, -0.25) is 9.67 Å². The van der Waals surface area contributed by atoms with Gasteiger partial charge in [0.15, 0.2) is 17.5 Å². The lowest BCUT2D eigenvalue weighted by Crippen LogP contribution is -2.41. The number of guanidine groups is 1. The van der Waals surface area contributed by atoms with Crippen LogP contribution in [0.1, 0.15) is 23.9 Å². The summed E-state index contributed by atoms with van der Waals surface area (Å²) in [5, 5.41) is 11.2. The molecule has 1 heterocycles. The molecule has 0 aliphatic heterocycles. The Hall–Kier alpha value is -2.01. The van der Waals surface area contributed by atoms with Gasteiger partial charge in [0.05, 0.1) is 32.5 Å². The Bertz CT molecular complexity index is 810. The van der Waals surface area contributed by atoms with Crippen molar-refractivity contribution in [2.45, 2.75) is 40.0 Å². The molecule has 30 heavy (non-hydrogen) atoms. The number of nitrogens with zero attached hydrogens (tertiary/aromatic N) is 3. The van der Waals surface area contributed by atoms with Crippen LogP contribution in [0.15, 0.2) is 29.3 Å². The Morgan fingerprint density at radius 3 is 2.50 bits per heavy atom. The van der Waals surface area contributed by atoms with Crippen molar-refractivity contribution in [1.82, 2.24) is 20.4 Å². The summed E-state index contributed by atoms with van der Waals surface area (Å²) < 4.78 is 18.4. The van der Waals surface area contributed by atoms with Gasteiger partial charge in [-0.1, -0.05) is 12.1 Å². The van der Waals surface area contributed by atoms with Crippen LogP contribution >= 0.6 is 24.0 Å². The minimum Gasteiger partial charge on any atom is -0.493 e. The smallest absolute Gasteiger partial charge is 0.191 e. The lowest BCUT2D eigenvalue weighted by Gasteiger charge is -2.19. The van der Waals surface area contributed by atoms with Crippen LogP contribution in [0.2, 0.25) is 0 Å². The Morgan fingerprint density at radius 1 is 1.17 bits per heavy atom. The van der Waals surface area contributed by atoms with Crippen LogP contribution in [0.3, 0.4) is 0 Å². The number of para-hydroxylation sites is 2. The first kappa shape index (κ1) is 26.0. The van der Waals surface area contributed by atoms with Crippen molar-refractivity contribution in [3.63, 3.8) is 0 Å². The molecule has 1 atom stereocenters. The maximum atomic E-state index is 5.98. The minimum atomic E-state index is -0.0647. The third-order valence-electron chi connectivity index (χ3n) is 4.65. The molecule has 168 valence electrons. The second-order valence-electron chi connectivity index (χ2n) is 6.75. The summed E-state index contributed by atoms with van der Waals surface area (Å²) in [5.74, 6) is 2.16. The van der Waals surface area contributed by atoms with Crippen molar-refractivity contribution >= 4 is 29.9 Å². The van der Waals surface area contributed by atoms with E-state index in [9.17, 15) is 0 Å². The molecular formula is C21H34IN5O3. The first-order valence-corrected chi connectivity index (χ1v) is 9.76. The fraction of sp³-hybridized carbons (Fsp3) is 0.524. The molecule has 1 aromatic carbocycles. The number of hydrogen-bond donors (Lipinski definition) is 2. The fourth-order valence-corrected chi connectivity index (χ4v) is 2.99. The van der Waals surface area contributed by atoms with Crippen molar-refractivity contribution < 1.29 is 14.2 Å². The number of nitrogens with one attached hydrogen (secondary N) is 2. The van der Waals surface area contributed by atoms with E-state index in [1.807, 2.05) is 42.8 Å². The van der Waals surface area contributed by atoms with Gasteiger partial charge in [0, 0.05) is 32.0 Å². The number of methoxy groups -OCH3 is 2. The molecule has 9 heteroatoms. The Labute approximate surface area is 196 Å². The molecule has 0 aliphatic rings. The standard InChI is InChI=1S/C21H33N5O3.HI/c1-15(29-20-10-8-7-9-19(20)28-6)13-23-21(22-4)24-14-18-16(2)25-26(17(18)3)11-12-27-5;/h7-10,15H,11-14H2,1-6H3,(H2,22,23,24);1H. The number of aliphatic imine (C=N–C) groups is 1. The molecule has 2 N–H and O–H groups in total. The van der Waals surface area contributed by atoms with Crippen LogP contribution in [-0.4, -0.2) is 56.3 Å². The lowest BCUT2D eigenvalue weighted by atomic mass is 10.2. The van der Waals surface area contributed by atoms with Gasteiger partial charge in [-0.25, -0.2) is 0 Å². The molecular weight excluding hydrogens is 497 g/mol. The fourth-order valence-electron chi connectivity index (χ4n) is 2.99. The van der Waals surface area contributed by atoms with E-state index >= 15 is 0 Å². The number of aryl methyl sites for hydroxylation is 1. The highest BCUT2D eigenvalue weighted by molar-refractivity contribution is 14.0. The summed E-state index contributed by atoms with van der Waals surface area (Å²) in [5.41, 5.74) is 3.31. The van der Waals surface area contributed by atoms with Crippen molar-refractivity contribution in [1.29, 1.82) is 0 Å². The third kappa shape index (κ3) is 7.35. The van der Waals surface area contributed by atoms with Crippen LogP contribution in [0.5, 0.6) is 11.5 Å². The predicted octanol–water partition coefficient (Wildman–Crippen LogP) is 2.91. The van der Waals surface area contributed by atoms with Gasteiger partial charge >= 0.3 is 0 Å². The number of rotatable bonds is 10. The number of ether oxygens (including phenoxy) is 3. The number of benzene rings is 1. The molecule has 2 rings (SSSR count). The highest BCUT2D eigenvalue weighted by atomic mass is 127. The van der Waals surface area contributed by atoms with E-state index in [-0.39, 0.29) is 30.1 Å². The van der Waals surface area contributed by atoms with Crippen LogP contribution in [0.25, 0.3) is 0 Å². The van der Waals surface area contributed by atoms with Gasteiger partial charge in [-0.05, 0) is 32.9 Å². The van der Waals surface area contributed by atoms with E-state index in [2.05, 4.69) is 27.6 Å². The molecule has 0 bridgehead atoms. The normalized spacial score (nSPS) is 12.1. The van der Waals surface area contributed by atoms with Gasteiger partial charge in [0.1, 0.15) is 6.10 Å². The zero-order chi connectivity index (χ0) is 21.2. The van der Waals surface area contributed by atoms with E-state index in [4.69, 9.17) is 14.2 Å². The zero-order valence-electron chi connectivity index (χ0n) is 18.7. The summed E-state index contributed by atoms with van der Waals surface area (Å²) in [6, 6.07) is 7.63. The lowest BCUT2D eigenvalue weighted by molar-refractivity contribution is 0.182. The zero-order valence-corrected chi connectivity index (χ0v) is 21.0. The summed E-state index contributed by atoms with van der Waals surface area (Å²) in [7, 11) is 5.09. The molecule has 0 aliphatic carbocycles. The first-order chi connectivity index (χ1) is 14.0. The van der Waals surface area contributed by atoms with Crippen molar-refractivity contribution in [3.8, 4) is 11.5 Å². The summed E-state index contributed by atoms with van der Waals surface area (Å²) in [4.78, 5) is 4.30. The Kier molecular flexibility index (Phi) is 11.6. The molecule has 2 aromatic rings. The molecule has 0 saturated carbocycles. The van der Waals surface area contributed by atoms with Crippen molar-refractivity contribution in [2.24, 2.45) is 4.99 Å². The van der Waals surface area contributed by atoms with Gasteiger partial charge < -0.3 is 24.8 Å². The second-order valence-corrected chi connectivity index (χ2v) is 6.75. The SMILES string of the molecule is CN=C(NCc1c(C)nn(CCOC)c1C)NCC(C)Oc1ccccc1OC.I. The van der Waals surface area contributed by atoms with Gasteiger partial charge in [0.2, 0.25) is 0 Å². The van der Waals surface area contributed by atoms with E-state index in [1.54, 1.807) is 21.3 Å². The van der Waals surface area contributed by atoms with E-state index in [0.29, 0.717) is 25.7 Å². The van der Waals surface area contributed by atoms with E-state index in [0.717, 1.165) is 29.4 Å². The molecule has 1 unspecified atom stereocenters. The molecule has 0 fully saturated rings. The third-order valence-corrected chi connectivity index (χ3v) is 4.65. The quantitative estimate of drug-likeness (QED) is 0.279. The summed E-state index contributed by atoms with van der Waals surface area (Å²) in [6.45, 7) is 8.73. The van der Waals surface area contributed by atoms with E-state index < -0.39 is 0 Å². The van der Waals surface area contributed by atoms with Gasteiger partial charge in [-0.2, -0.15) is 5.10 Å². The molecule has 0 amide bonds. The molecule has 0 saturated heterocycles. The molecule has 8 nitrogen and oxygen atoms in total. The predicted molar refractivity (Wildman–Crippen MR) is 130 cm³/mol. The van der Waals surface area contributed by atoms with Crippen molar-refractivity contribution in [2.75, 3.05) is 34.4 Å². The number of aromatic nitrogens is 2. The molecule has 0 radical (unpaired) electrons. The van der Waals surface area contributed by atoms with Crippen LogP contribution in [0.4, 0.5) is 0 Å². The second kappa shape index (κ2) is 13.3. The first-order valence-electron chi connectivity index (χ1n) is 9.76. The number of hydrogen-bond acceptors (Lipinski definition) is 5. The number of halogens is 1. The Morgan fingerprint density at radius 2 is 1.87 bits per heavy atom. The maximum absolute atomic E-state index is 5.98. The minimum absolute atomic E-state index is 0. The van der Waals surface area contributed by atoms with Crippen molar-refractivity contribution in [3.05, 3.63) is 41.2 Å². The summed E-state index contributed by atoms with van der Waals surface area (Å²) >= 11 is 0. The Balaban J connectivity index is 0.00000450. The van der Waals surface area contributed by atoms with E-state index in [1.165, 1.54) is 5.56 Å². The largest absolute Gasteiger partial charge is 0.493 e. The molecule has 0 spiro atoms. The highest BCUT2D eigenvalue weighted by Gasteiger charge is 2.13. The summed E-state index contributed by atoms with van der Waals surface area (Å²) in [6.07, 6.45) is -0.0647. The van der Waals surface area contributed by atoms with Crippen LogP contribution in [0, 0.1) is 13.8 Å². The van der Waals surface area contributed by atoms with Crippen LogP contribution < -0.4 is 20.1 Å².